The number of hydrogen-bond acceptors (Lipinski definition) is 2. The SMILES string of the molecule is CC(=O)N[C@@]1(C)C[C@H](c2cccc(F)c2)O[C@@H]2C[C@H](C)CC[C@H]21. The lowest BCUT2D eigenvalue weighted by molar-refractivity contribution is -0.153. The molecule has 1 amide bonds. The molecule has 0 spiro atoms. The largest absolute Gasteiger partial charge is 0.370 e. The minimum Gasteiger partial charge on any atom is -0.370 e. The van der Waals surface area contributed by atoms with E-state index in [0.717, 1.165) is 18.4 Å². The topological polar surface area (TPSA) is 38.3 Å². The Labute approximate surface area is 137 Å². The molecule has 3 rings (SSSR count). The maximum absolute atomic E-state index is 13.6. The standard InChI is InChI=1S/C19H26FNO2/c1-12-7-8-16-17(9-12)23-18(11-19(16,3)21-13(2)22)14-5-4-6-15(20)10-14/h4-6,10,12,16-18H,7-9,11H2,1-3H3,(H,21,22)/t12-,16-,17-,18-,19+/m1/s1. The van der Waals surface area contributed by atoms with Gasteiger partial charge < -0.3 is 10.1 Å². The van der Waals surface area contributed by atoms with Crippen LogP contribution in [-0.4, -0.2) is 17.6 Å². The first-order valence-electron chi connectivity index (χ1n) is 8.57. The number of rotatable bonds is 2. The maximum atomic E-state index is 13.6. The van der Waals surface area contributed by atoms with E-state index in [9.17, 15) is 9.18 Å². The highest BCUT2D eigenvalue weighted by Crippen LogP contribution is 2.47. The van der Waals surface area contributed by atoms with Crippen molar-refractivity contribution in [1.82, 2.24) is 5.32 Å². The van der Waals surface area contributed by atoms with Gasteiger partial charge in [-0.15, -0.1) is 0 Å². The van der Waals surface area contributed by atoms with Gasteiger partial charge in [0.2, 0.25) is 5.91 Å². The van der Waals surface area contributed by atoms with Crippen LogP contribution in [0.4, 0.5) is 4.39 Å². The van der Waals surface area contributed by atoms with Crippen LogP contribution in [0, 0.1) is 17.7 Å². The molecule has 1 aliphatic heterocycles. The summed E-state index contributed by atoms with van der Waals surface area (Å²) in [7, 11) is 0. The van der Waals surface area contributed by atoms with E-state index >= 15 is 0 Å². The fourth-order valence-electron chi connectivity index (χ4n) is 4.45. The number of fused-ring (bicyclic) bond motifs is 1. The van der Waals surface area contributed by atoms with Crippen LogP contribution in [0.1, 0.15) is 58.1 Å². The quantitative estimate of drug-likeness (QED) is 0.895. The maximum Gasteiger partial charge on any atom is 0.217 e. The predicted octanol–water partition coefficient (Wildman–Crippen LogP) is 3.99. The van der Waals surface area contributed by atoms with E-state index in [1.807, 2.05) is 6.07 Å². The van der Waals surface area contributed by atoms with Crippen molar-refractivity contribution >= 4 is 5.91 Å². The zero-order chi connectivity index (χ0) is 16.6. The van der Waals surface area contributed by atoms with Crippen molar-refractivity contribution in [2.75, 3.05) is 0 Å². The molecule has 1 N–H and O–H groups in total. The summed E-state index contributed by atoms with van der Waals surface area (Å²) in [6.45, 7) is 5.94. The molecule has 0 unspecified atom stereocenters. The van der Waals surface area contributed by atoms with E-state index in [1.165, 1.54) is 12.5 Å². The fourth-order valence-corrected chi connectivity index (χ4v) is 4.45. The van der Waals surface area contributed by atoms with Gasteiger partial charge in [0.1, 0.15) is 5.82 Å². The van der Waals surface area contributed by atoms with E-state index in [0.29, 0.717) is 18.3 Å². The molecule has 5 atom stereocenters. The molecule has 1 saturated carbocycles. The van der Waals surface area contributed by atoms with Gasteiger partial charge in [-0.2, -0.15) is 0 Å². The van der Waals surface area contributed by atoms with Gasteiger partial charge in [-0.1, -0.05) is 25.5 Å². The van der Waals surface area contributed by atoms with Crippen molar-refractivity contribution in [1.29, 1.82) is 0 Å². The number of halogens is 1. The zero-order valence-corrected chi connectivity index (χ0v) is 14.1. The second kappa shape index (κ2) is 6.23. The first-order chi connectivity index (χ1) is 10.9. The first kappa shape index (κ1) is 16.4. The van der Waals surface area contributed by atoms with Crippen molar-refractivity contribution in [2.24, 2.45) is 11.8 Å². The van der Waals surface area contributed by atoms with Gasteiger partial charge in [0, 0.05) is 24.8 Å². The van der Waals surface area contributed by atoms with Crippen molar-refractivity contribution in [3.8, 4) is 0 Å². The van der Waals surface area contributed by atoms with Crippen LogP contribution < -0.4 is 5.32 Å². The fraction of sp³-hybridized carbons (Fsp3) is 0.632. The lowest BCUT2D eigenvalue weighted by atomic mass is 9.66. The molecule has 1 heterocycles. The Morgan fingerprint density at radius 3 is 2.87 bits per heavy atom. The molecule has 2 fully saturated rings. The van der Waals surface area contributed by atoms with E-state index in [-0.39, 0.29) is 29.5 Å². The molecule has 0 radical (unpaired) electrons. The average molecular weight is 319 g/mol. The highest BCUT2D eigenvalue weighted by molar-refractivity contribution is 5.73. The molecule has 1 aromatic rings. The van der Waals surface area contributed by atoms with E-state index in [1.54, 1.807) is 19.1 Å². The van der Waals surface area contributed by atoms with Gasteiger partial charge in [-0.05, 0) is 43.4 Å². The smallest absolute Gasteiger partial charge is 0.217 e. The molecular formula is C19H26FNO2. The number of carbonyl (C=O) groups excluding carboxylic acids is 1. The van der Waals surface area contributed by atoms with Crippen LogP contribution in [0.15, 0.2) is 24.3 Å². The summed E-state index contributed by atoms with van der Waals surface area (Å²) < 4.78 is 20.0. The third-order valence-corrected chi connectivity index (χ3v) is 5.50. The number of carbonyl (C=O) groups is 1. The monoisotopic (exact) mass is 319 g/mol. The zero-order valence-electron chi connectivity index (χ0n) is 14.1. The molecule has 3 nitrogen and oxygen atoms in total. The summed E-state index contributed by atoms with van der Waals surface area (Å²) in [5, 5.41) is 3.17. The van der Waals surface area contributed by atoms with Crippen LogP contribution in [-0.2, 0) is 9.53 Å². The predicted molar refractivity (Wildman–Crippen MR) is 87.4 cm³/mol. The molecule has 1 saturated heterocycles. The highest BCUT2D eigenvalue weighted by Gasteiger charge is 2.49. The Hall–Kier alpha value is -1.42. The number of hydrogen-bond donors (Lipinski definition) is 1. The highest BCUT2D eigenvalue weighted by atomic mass is 19.1. The van der Waals surface area contributed by atoms with E-state index in [4.69, 9.17) is 4.74 Å². The molecule has 0 aromatic heterocycles. The summed E-state index contributed by atoms with van der Waals surface area (Å²) in [5.41, 5.74) is 0.560. The Morgan fingerprint density at radius 1 is 1.39 bits per heavy atom. The summed E-state index contributed by atoms with van der Waals surface area (Å²) in [4.78, 5) is 11.7. The number of ether oxygens (including phenoxy) is 1. The van der Waals surface area contributed by atoms with Crippen molar-refractivity contribution in [2.45, 2.75) is 64.2 Å². The Bertz CT molecular complexity index is 590. The second-order valence-corrected chi connectivity index (χ2v) is 7.55. The molecule has 23 heavy (non-hydrogen) atoms. The molecule has 4 heteroatoms. The number of benzene rings is 1. The van der Waals surface area contributed by atoms with Crippen molar-refractivity contribution < 1.29 is 13.9 Å². The van der Waals surface area contributed by atoms with Gasteiger partial charge >= 0.3 is 0 Å². The minimum absolute atomic E-state index is 0.00948. The Morgan fingerprint density at radius 2 is 2.17 bits per heavy atom. The van der Waals surface area contributed by atoms with E-state index in [2.05, 4.69) is 19.2 Å². The Kier molecular flexibility index (Phi) is 4.45. The number of nitrogens with one attached hydrogen (secondary N) is 1. The van der Waals surface area contributed by atoms with Gasteiger partial charge in [0.05, 0.1) is 12.2 Å². The van der Waals surface area contributed by atoms with Gasteiger partial charge in [0.25, 0.3) is 0 Å². The normalized spacial score (nSPS) is 37.0. The minimum atomic E-state index is -0.300. The molecule has 1 aromatic carbocycles. The van der Waals surface area contributed by atoms with Gasteiger partial charge in [-0.25, -0.2) is 4.39 Å². The third kappa shape index (κ3) is 3.42. The van der Waals surface area contributed by atoms with E-state index < -0.39 is 0 Å². The molecular weight excluding hydrogens is 293 g/mol. The molecule has 1 aliphatic carbocycles. The van der Waals surface area contributed by atoms with Crippen LogP contribution in [0.5, 0.6) is 0 Å². The second-order valence-electron chi connectivity index (χ2n) is 7.55. The van der Waals surface area contributed by atoms with Crippen LogP contribution >= 0.6 is 0 Å². The van der Waals surface area contributed by atoms with Crippen LogP contribution in [0.25, 0.3) is 0 Å². The van der Waals surface area contributed by atoms with Gasteiger partial charge in [0.15, 0.2) is 0 Å². The molecule has 0 bridgehead atoms. The lowest BCUT2D eigenvalue weighted by Crippen LogP contribution is -2.60. The van der Waals surface area contributed by atoms with Crippen LogP contribution in [0.3, 0.4) is 0 Å². The lowest BCUT2D eigenvalue weighted by Gasteiger charge is -2.52. The van der Waals surface area contributed by atoms with Gasteiger partial charge in [-0.3, -0.25) is 4.79 Å². The summed E-state index contributed by atoms with van der Waals surface area (Å²) in [5.74, 6) is 0.702. The number of amides is 1. The Balaban J connectivity index is 1.90. The van der Waals surface area contributed by atoms with Crippen molar-refractivity contribution in [3.05, 3.63) is 35.6 Å². The average Bonchev–Trinajstić information content (AvgIpc) is 2.45. The van der Waals surface area contributed by atoms with Crippen LogP contribution in [0.2, 0.25) is 0 Å². The first-order valence-corrected chi connectivity index (χ1v) is 8.57. The molecule has 2 aliphatic rings. The summed E-state index contributed by atoms with van der Waals surface area (Å²) in [6, 6.07) is 6.63. The summed E-state index contributed by atoms with van der Waals surface area (Å²) >= 11 is 0. The third-order valence-electron chi connectivity index (χ3n) is 5.50. The summed E-state index contributed by atoms with van der Waals surface area (Å²) in [6.07, 6.45) is 3.88. The molecule has 126 valence electrons. The van der Waals surface area contributed by atoms with Crippen molar-refractivity contribution in [3.63, 3.8) is 0 Å².